The van der Waals surface area contributed by atoms with Crippen LogP contribution >= 0.6 is 0 Å². The van der Waals surface area contributed by atoms with Gasteiger partial charge in [-0.2, -0.15) is 4.91 Å². The Balaban J connectivity index is 3.20. The molecule has 0 aliphatic carbocycles. The van der Waals surface area contributed by atoms with Crippen LogP contribution in [0, 0.1) is 4.91 Å². The highest BCUT2D eigenvalue weighted by molar-refractivity contribution is 4.78. The summed E-state index contributed by atoms with van der Waals surface area (Å²) in [5.74, 6) is 0. The van der Waals surface area contributed by atoms with Gasteiger partial charge >= 0.3 is 0 Å². The lowest BCUT2D eigenvalue weighted by molar-refractivity contribution is 0.0364. The summed E-state index contributed by atoms with van der Waals surface area (Å²) in [6.45, 7) is 4.50. The van der Waals surface area contributed by atoms with Gasteiger partial charge in [0.2, 0.25) is 0 Å². The zero-order valence-electron chi connectivity index (χ0n) is 6.66. The molecule has 0 amide bonds. The molecule has 4 nitrogen and oxygen atoms in total. The van der Waals surface area contributed by atoms with Crippen LogP contribution in [0.15, 0.2) is 17.8 Å². The first kappa shape index (κ1) is 10.3. The summed E-state index contributed by atoms with van der Waals surface area (Å²) in [6.07, 6.45) is 1.55. The Morgan fingerprint density at radius 1 is 1.73 bits per heavy atom. The first-order valence-corrected chi connectivity index (χ1v) is 3.37. The van der Waals surface area contributed by atoms with Crippen LogP contribution in [-0.4, -0.2) is 33.0 Å². The number of hydrogen-bond donors (Lipinski definition) is 0. The van der Waals surface area contributed by atoms with E-state index in [9.17, 15) is 4.91 Å². The van der Waals surface area contributed by atoms with Crippen LogP contribution in [0.2, 0.25) is 0 Å². The minimum atomic E-state index is -0.0957. The van der Waals surface area contributed by atoms with Crippen LogP contribution in [0.5, 0.6) is 0 Å². The summed E-state index contributed by atoms with van der Waals surface area (Å²) in [4.78, 5) is 9.61. The molecule has 0 aromatic heterocycles. The minimum Gasteiger partial charge on any atom is -0.376 e. The minimum absolute atomic E-state index is 0.0957. The Hall–Kier alpha value is -0.740. The highest BCUT2D eigenvalue weighted by atomic mass is 16.5. The third kappa shape index (κ3) is 5.69. The number of ether oxygens (including phenoxy) is 2. The van der Waals surface area contributed by atoms with E-state index in [0.29, 0.717) is 13.2 Å². The second kappa shape index (κ2) is 7.37. The van der Waals surface area contributed by atoms with E-state index in [1.807, 2.05) is 0 Å². The predicted octanol–water partition coefficient (Wildman–Crippen LogP) is 0.970. The second-order valence-corrected chi connectivity index (χ2v) is 1.94. The average molecular weight is 159 g/mol. The van der Waals surface area contributed by atoms with Gasteiger partial charge in [0.15, 0.2) is 0 Å². The zero-order chi connectivity index (χ0) is 8.53. The van der Waals surface area contributed by atoms with Crippen LogP contribution in [0.1, 0.15) is 0 Å². The van der Waals surface area contributed by atoms with Gasteiger partial charge in [0.05, 0.1) is 19.3 Å². The molecule has 0 fully saturated rings. The smallest absolute Gasteiger partial charge is 0.104 e. The summed E-state index contributed by atoms with van der Waals surface area (Å²) in [7, 11) is 1.58. The van der Waals surface area contributed by atoms with Crippen LogP contribution in [0.25, 0.3) is 0 Å². The molecule has 0 saturated heterocycles. The second-order valence-electron chi connectivity index (χ2n) is 1.94. The highest BCUT2D eigenvalue weighted by Gasteiger charge is 1.99. The fourth-order valence-electron chi connectivity index (χ4n) is 0.534. The van der Waals surface area contributed by atoms with Gasteiger partial charge in [-0.15, -0.1) is 6.58 Å². The Kier molecular flexibility index (Phi) is 6.87. The van der Waals surface area contributed by atoms with E-state index in [-0.39, 0.29) is 12.6 Å². The molecule has 4 heteroatoms. The van der Waals surface area contributed by atoms with Gasteiger partial charge in [-0.3, -0.25) is 0 Å². The number of hydrogen-bond acceptors (Lipinski definition) is 4. The molecule has 64 valence electrons. The summed E-state index contributed by atoms with van der Waals surface area (Å²) < 4.78 is 9.96. The lowest BCUT2D eigenvalue weighted by Gasteiger charge is -2.09. The van der Waals surface area contributed by atoms with Crippen molar-refractivity contribution in [1.29, 1.82) is 0 Å². The molecular weight excluding hydrogens is 146 g/mol. The molecule has 0 saturated carbocycles. The van der Waals surface area contributed by atoms with Gasteiger partial charge < -0.3 is 9.47 Å². The van der Waals surface area contributed by atoms with Crippen LogP contribution < -0.4 is 0 Å². The van der Waals surface area contributed by atoms with Crippen molar-refractivity contribution in [3.8, 4) is 0 Å². The fourth-order valence-corrected chi connectivity index (χ4v) is 0.534. The monoisotopic (exact) mass is 159 g/mol. The third-order valence-electron chi connectivity index (χ3n) is 1.17. The van der Waals surface area contributed by atoms with Gasteiger partial charge in [0.25, 0.3) is 0 Å². The van der Waals surface area contributed by atoms with Crippen LogP contribution in [-0.2, 0) is 9.47 Å². The molecule has 0 bridgehead atoms. The van der Waals surface area contributed by atoms with Crippen molar-refractivity contribution in [2.45, 2.75) is 6.10 Å². The van der Waals surface area contributed by atoms with Gasteiger partial charge in [0, 0.05) is 7.11 Å². The normalized spacial score (nSPS) is 12.5. The number of nitrogens with zero attached hydrogens (tertiary/aromatic N) is 1. The fraction of sp³-hybridized carbons (Fsp3) is 0.714. The number of methoxy groups -OCH3 is 1. The van der Waals surface area contributed by atoms with Gasteiger partial charge in [-0.1, -0.05) is 11.3 Å². The quantitative estimate of drug-likeness (QED) is 0.316. The molecule has 0 heterocycles. The zero-order valence-corrected chi connectivity index (χ0v) is 6.66. The molecular formula is C7H13NO3. The molecule has 0 aliphatic heterocycles. The molecule has 0 aromatic carbocycles. The Morgan fingerprint density at radius 3 is 2.91 bits per heavy atom. The molecule has 0 spiro atoms. The summed E-state index contributed by atoms with van der Waals surface area (Å²) in [5.41, 5.74) is 0. The molecule has 0 radical (unpaired) electrons. The Bertz CT molecular complexity index is 116. The van der Waals surface area contributed by atoms with E-state index in [1.165, 1.54) is 0 Å². The van der Waals surface area contributed by atoms with E-state index < -0.39 is 0 Å². The van der Waals surface area contributed by atoms with E-state index in [4.69, 9.17) is 9.47 Å². The van der Waals surface area contributed by atoms with Crippen LogP contribution in [0.3, 0.4) is 0 Å². The lowest BCUT2D eigenvalue weighted by Crippen LogP contribution is -2.16. The van der Waals surface area contributed by atoms with Crippen molar-refractivity contribution in [2.24, 2.45) is 5.18 Å². The molecule has 1 unspecified atom stereocenters. The molecule has 0 N–H and O–H groups in total. The van der Waals surface area contributed by atoms with E-state index in [0.717, 1.165) is 0 Å². The third-order valence-corrected chi connectivity index (χ3v) is 1.17. The number of rotatable bonds is 7. The van der Waals surface area contributed by atoms with Crippen molar-refractivity contribution in [2.75, 3.05) is 26.9 Å². The molecule has 1 atom stereocenters. The topological polar surface area (TPSA) is 47.9 Å². The maximum atomic E-state index is 9.61. The van der Waals surface area contributed by atoms with Gasteiger partial charge in [-0.05, 0) is 0 Å². The van der Waals surface area contributed by atoms with Gasteiger partial charge in [-0.25, -0.2) is 0 Å². The van der Waals surface area contributed by atoms with Crippen molar-refractivity contribution in [1.82, 2.24) is 0 Å². The van der Waals surface area contributed by atoms with Crippen molar-refractivity contribution >= 4 is 0 Å². The number of nitroso groups, excluding NO2 is 1. The van der Waals surface area contributed by atoms with Crippen molar-refractivity contribution < 1.29 is 9.47 Å². The van der Waals surface area contributed by atoms with E-state index >= 15 is 0 Å². The summed E-state index contributed by atoms with van der Waals surface area (Å²) in [6, 6.07) is 0. The first-order valence-electron chi connectivity index (χ1n) is 3.37. The predicted molar refractivity (Wildman–Crippen MR) is 42.5 cm³/mol. The SMILES string of the molecule is C=CC(COCCN=O)OC. The largest absolute Gasteiger partial charge is 0.376 e. The van der Waals surface area contributed by atoms with E-state index in [1.54, 1.807) is 13.2 Å². The lowest BCUT2D eigenvalue weighted by atomic mass is 10.4. The van der Waals surface area contributed by atoms with Crippen molar-refractivity contribution in [3.05, 3.63) is 17.6 Å². The summed E-state index contributed by atoms with van der Waals surface area (Å²) >= 11 is 0. The molecule has 11 heavy (non-hydrogen) atoms. The highest BCUT2D eigenvalue weighted by Crippen LogP contribution is 1.91. The Labute approximate surface area is 66.2 Å². The first-order chi connectivity index (χ1) is 5.35. The van der Waals surface area contributed by atoms with E-state index in [2.05, 4.69) is 11.8 Å². The molecule has 0 aliphatic rings. The average Bonchev–Trinajstić information content (AvgIpc) is 2.05. The van der Waals surface area contributed by atoms with Crippen LogP contribution in [0.4, 0.5) is 0 Å². The maximum absolute atomic E-state index is 9.61. The Morgan fingerprint density at radius 2 is 2.45 bits per heavy atom. The molecule has 0 rings (SSSR count). The molecule has 0 aromatic rings. The maximum Gasteiger partial charge on any atom is 0.104 e. The van der Waals surface area contributed by atoms with Gasteiger partial charge in [0.1, 0.15) is 6.54 Å². The summed E-state index contributed by atoms with van der Waals surface area (Å²) in [5, 5.41) is 2.64. The van der Waals surface area contributed by atoms with Crippen molar-refractivity contribution in [3.63, 3.8) is 0 Å². The standard InChI is InChI=1S/C7H13NO3/c1-3-7(10-2)6-11-5-4-8-9/h3,7H,1,4-6H2,2H3.